The van der Waals surface area contributed by atoms with Gasteiger partial charge in [0, 0.05) is 18.9 Å². The van der Waals surface area contributed by atoms with Crippen LogP contribution in [-0.4, -0.2) is 101 Å². The summed E-state index contributed by atoms with van der Waals surface area (Å²) in [5.74, 6) is 0.530. The second-order valence-corrected chi connectivity index (χ2v) is 30.6. The van der Waals surface area contributed by atoms with Gasteiger partial charge < -0.3 is 24.4 Å². The topological polar surface area (TPSA) is 225 Å². The maximum absolute atomic E-state index is 11.2. The molecule has 0 spiro atoms. The Labute approximate surface area is 550 Å². The zero-order chi connectivity index (χ0) is 67.5. The average molecular weight is 1320 g/mol. The minimum absolute atomic E-state index is 0.101. The zero-order valence-corrected chi connectivity index (χ0v) is 58.2. The van der Waals surface area contributed by atoms with Gasteiger partial charge >= 0.3 is 27.7 Å². The van der Waals surface area contributed by atoms with Gasteiger partial charge in [-0.15, -0.1) is 0 Å². The van der Waals surface area contributed by atoms with Gasteiger partial charge in [0.1, 0.15) is 0 Å². The lowest BCUT2D eigenvalue weighted by Crippen LogP contribution is -2.23. The van der Waals surface area contributed by atoms with Crippen molar-refractivity contribution >= 4 is 88.9 Å². The first-order chi connectivity index (χ1) is 44.0. The molecule has 8 aromatic rings. The van der Waals surface area contributed by atoms with Crippen molar-refractivity contribution in [2.75, 3.05) is 29.6 Å². The standard InChI is InChI=1S/3C10H13BO.C9H12BNO.2C8H10O2S.2C7H9NO2S/c3*1-3-10-8-6-4-5-7-9(8)11(2)12-10;1-10-8-5-3-2-4-7(8)9(6-11)12-10;2*1-2-11(9,10)8-6-4-3-5-7-8;2*1-2-11(9,10)7-5-3-4-6-8-7/h3*4-7,10H,3H2,1-2H3;2-5,9H,6,11H2,1H3;2*3-7H,2H2,1H3;2*3-6H,2H2,1H3/t3*10-;9-;;;;/m1001..../s1. The Morgan fingerprint density at radius 1 is 0.326 bits per heavy atom. The summed E-state index contributed by atoms with van der Waals surface area (Å²) in [6.45, 7) is 23.0. The summed E-state index contributed by atoms with van der Waals surface area (Å²) >= 11 is 0. The smallest absolute Gasteiger partial charge is 0.324 e. The first kappa shape index (κ1) is 76.2. The van der Waals surface area contributed by atoms with E-state index in [-0.39, 0.29) is 66.8 Å². The predicted octanol–water partition coefficient (Wildman–Crippen LogP) is 11.2. The molecule has 0 unspecified atom stereocenters. The second kappa shape index (κ2) is 37.4. The van der Waals surface area contributed by atoms with E-state index in [2.05, 4.69) is 143 Å². The molecule has 12 rings (SSSR count). The summed E-state index contributed by atoms with van der Waals surface area (Å²) < 4.78 is 112. The van der Waals surface area contributed by atoms with Gasteiger partial charge in [0.25, 0.3) is 0 Å². The molecule has 0 bridgehead atoms. The largest absolute Gasteiger partial charge is 0.424 e. The molecule has 2 N–H and O–H groups in total. The highest BCUT2D eigenvalue weighted by Gasteiger charge is 2.33. The molecule has 23 heteroatoms. The van der Waals surface area contributed by atoms with E-state index in [0.29, 0.717) is 34.6 Å². The van der Waals surface area contributed by atoms with E-state index < -0.39 is 39.3 Å². The van der Waals surface area contributed by atoms with Crippen molar-refractivity contribution in [3.05, 3.63) is 229 Å². The molecule has 92 heavy (non-hydrogen) atoms. The predicted molar refractivity (Wildman–Crippen MR) is 378 cm³/mol. The lowest BCUT2D eigenvalue weighted by Gasteiger charge is -2.08. The molecule has 6 aromatic carbocycles. The molecule has 0 fully saturated rings. The number of pyridine rings is 2. The van der Waals surface area contributed by atoms with Gasteiger partial charge in [0.2, 0.25) is 0 Å². The lowest BCUT2D eigenvalue weighted by molar-refractivity contribution is 0.221. The fourth-order valence-electron chi connectivity index (χ4n) is 10.3. The summed E-state index contributed by atoms with van der Waals surface area (Å²) in [5, 5.41) is 0.310. The van der Waals surface area contributed by atoms with Crippen molar-refractivity contribution in [1.82, 2.24) is 9.97 Å². The minimum atomic E-state index is -3.11. The monoisotopic (exact) mass is 1320 g/mol. The normalized spacial score (nSPS) is 16.5. The summed E-state index contributed by atoms with van der Waals surface area (Å²) in [7, 11) is -12.2. The maximum Gasteiger partial charge on any atom is 0.324 e. The molecule has 0 amide bonds. The summed E-state index contributed by atoms with van der Waals surface area (Å²) in [4.78, 5) is 8.28. The zero-order valence-electron chi connectivity index (χ0n) is 54.9. The van der Waals surface area contributed by atoms with Crippen molar-refractivity contribution in [2.24, 2.45) is 5.73 Å². The highest BCUT2D eigenvalue weighted by molar-refractivity contribution is 7.92. The van der Waals surface area contributed by atoms with Crippen molar-refractivity contribution < 1.29 is 52.3 Å². The van der Waals surface area contributed by atoms with Gasteiger partial charge in [-0.05, 0) is 112 Å². The number of rotatable bonds is 12. The van der Waals surface area contributed by atoms with Gasteiger partial charge in [0.15, 0.2) is 49.4 Å². The third-order valence-electron chi connectivity index (χ3n) is 15.6. The molecule has 4 aliphatic heterocycles. The van der Waals surface area contributed by atoms with E-state index in [9.17, 15) is 33.7 Å². The van der Waals surface area contributed by atoms with Crippen molar-refractivity contribution in [3.8, 4) is 0 Å². The van der Waals surface area contributed by atoms with Gasteiger partial charge in [-0.3, -0.25) is 0 Å². The number of hydrogen-bond acceptors (Lipinski definition) is 15. The number of fused-ring (bicyclic) bond motifs is 4. The highest BCUT2D eigenvalue weighted by atomic mass is 32.2. The molecule has 0 saturated carbocycles. The van der Waals surface area contributed by atoms with Crippen LogP contribution in [0.1, 0.15) is 114 Å². The quantitative estimate of drug-likeness (QED) is 0.112. The molecule has 15 nitrogen and oxygen atoms in total. The van der Waals surface area contributed by atoms with Crippen molar-refractivity contribution in [3.63, 3.8) is 0 Å². The molecule has 6 heterocycles. The van der Waals surface area contributed by atoms with Crippen LogP contribution in [-0.2, 0) is 58.0 Å². The Morgan fingerprint density at radius 2 is 0.565 bits per heavy atom. The average Bonchev–Trinajstić information content (AvgIpc) is 1.83. The molecule has 4 atom stereocenters. The molecule has 488 valence electrons. The van der Waals surface area contributed by atoms with Gasteiger partial charge in [-0.1, -0.05) is 221 Å². The Morgan fingerprint density at radius 3 is 0.804 bits per heavy atom. The third kappa shape index (κ3) is 21.8. The molecule has 0 saturated heterocycles. The third-order valence-corrected chi connectivity index (χ3v) is 22.3. The van der Waals surface area contributed by atoms with Crippen LogP contribution >= 0.6 is 0 Å². The summed E-state index contributed by atoms with van der Waals surface area (Å²) in [6.07, 6.45) is 7.26. The number of nitrogens with two attached hydrogens (primary N) is 1. The van der Waals surface area contributed by atoms with E-state index in [1.807, 2.05) is 12.1 Å². The molecular weight excluding hydrogens is 1230 g/mol. The van der Waals surface area contributed by atoms with Crippen LogP contribution in [0, 0.1) is 0 Å². The Bertz CT molecular complexity index is 3450. The Kier molecular flexibility index (Phi) is 31.0. The molecule has 2 aromatic heterocycles. The van der Waals surface area contributed by atoms with E-state index in [1.165, 1.54) is 68.6 Å². The number of sulfone groups is 4. The van der Waals surface area contributed by atoms with E-state index in [4.69, 9.17) is 24.4 Å². The maximum atomic E-state index is 11.2. The lowest BCUT2D eigenvalue weighted by atomic mass is 9.64. The molecule has 0 aliphatic carbocycles. The fourth-order valence-corrected chi connectivity index (χ4v) is 13.8. The van der Waals surface area contributed by atoms with Crippen LogP contribution in [0.2, 0.25) is 27.3 Å². The fraction of sp³-hybridized carbons (Fsp3) is 0.333. The van der Waals surface area contributed by atoms with Gasteiger partial charge in [-0.25, -0.2) is 43.6 Å². The van der Waals surface area contributed by atoms with Crippen LogP contribution < -0.4 is 27.6 Å². The summed E-state index contributed by atoms with van der Waals surface area (Å²) in [5.41, 5.74) is 16.4. The van der Waals surface area contributed by atoms with E-state index in [1.54, 1.807) is 113 Å². The van der Waals surface area contributed by atoms with Crippen LogP contribution in [0.15, 0.2) is 226 Å². The Balaban J connectivity index is 0.000000191. The van der Waals surface area contributed by atoms with Crippen LogP contribution in [0.3, 0.4) is 0 Å². The summed E-state index contributed by atoms with van der Waals surface area (Å²) in [6, 6.07) is 60.4. The van der Waals surface area contributed by atoms with Crippen LogP contribution in [0.4, 0.5) is 0 Å². The molecule has 4 aliphatic rings. The minimum Gasteiger partial charge on any atom is -0.424 e. The van der Waals surface area contributed by atoms with Crippen LogP contribution in [0.5, 0.6) is 0 Å². The number of nitrogens with zero attached hydrogens (tertiary/aromatic N) is 2. The SMILES string of the molecule is CB1O[C@H](CN)c2ccccc21.CCS(=O)(=O)c1ccccc1.CCS(=O)(=O)c1ccccc1.CCS(=O)(=O)c1ccccn1.CCS(=O)(=O)c1ccccn1.CC[C@@H]1OB(C)c2ccccc21.CC[C@@H]1OB(C)c2ccccc21.CC[C@H]1OB(C)c2ccccc21. The second-order valence-electron chi connectivity index (χ2n) is 21.6. The number of aromatic nitrogens is 2. The van der Waals surface area contributed by atoms with E-state index >= 15 is 0 Å². The number of hydrogen-bond donors (Lipinski definition) is 1. The van der Waals surface area contributed by atoms with Crippen molar-refractivity contribution in [1.29, 1.82) is 0 Å². The Hall–Kier alpha value is -6.52. The number of benzene rings is 6. The highest BCUT2D eigenvalue weighted by Crippen LogP contribution is 2.29. The van der Waals surface area contributed by atoms with Gasteiger partial charge in [-0.2, -0.15) is 0 Å². The molecular formula is C69H89B4N3O12S4. The first-order valence-electron chi connectivity index (χ1n) is 31.5. The van der Waals surface area contributed by atoms with E-state index in [0.717, 1.165) is 19.3 Å². The first-order valence-corrected chi connectivity index (χ1v) is 38.1. The molecule has 0 radical (unpaired) electrons. The van der Waals surface area contributed by atoms with Crippen LogP contribution in [0.25, 0.3) is 0 Å². The van der Waals surface area contributed by atoms with Gasteiger partial charge in [0.05, 0.1) is 57.2 Å². The van der Waals surface area contributed by atoms with Crippen molar-refractivity contribution in [2.45, 2.75) is 139 Å².